The van der Waals surface area contributed by atoms with Crippen molar-refractivity contribution < 1.29 is 43.5 Å². The molecule has 0 aromatic heterocycles. The number of aliphatic imine (C=N–C) groups is 1. The Balaban J connectivity index is 3.47. The maximum Gasteiger partial charge on any atom is 0.322 e. The largest absolute Gasteiger partial charge is 0.480 e. The van der Waals surface area contributed by atoms with Gasteiger partial charge < -0.3 is 59.9 Å². The molecule has 1 aromatic carbocycles. The first-order valence-electron chi connectivity index (χ1n) is 19.7. The smallest absolute Gasteiger partial charge is 0.322 e. The van der Waals surface area contributed by atoms with Crippen LogP contribution < -0.4 is 54.8 Å². The zero-order valence-corrected chi connectivity index (χ0v) is 34.9. The summed E-state index contributed by atoms with van der Waals surface area (Å²) in [5.41, 5.74) is 22.9. The van der Waals surface area contributed by atoms with Gasteiger partial charge in [0.1, 0.15) is 36.8 Å². The SMILES string of the molecule is CC(C)C[C@H](NC(=O)[C@H](Cc1ccccc1)NC(=O)[C@H](CC(C)C)NC(=O)[C@H](CCCN=C(N)N)NC(=O)[C@H](CC(N)=O)NC(=O)[C@@H](N)CC(C)C)C(=O)NCC(=O)O. The normalized spacial score (nSPS) is 14.1. The Bertz CT molecular complexity index is 1600. The van der Waals surface area contributed by atoms with E-state index in [-0.39, 0.29) is 62.4 Å². The van der Waals surface area contributed by atoms with Crippen molar-refractivity contribution in [3.05, 3.63) is 35.9 Å². The van der Waals surface area contributed by atoms with Crippen molar-refractivity contribution in [3.63, 3.8) is 0 Å². The van der Waals surface area contributed by atoms with Crippen LogP contribution in [-0.2, 0) is 44.8 Å². The van der Waals surface area contributed by atoms with Gasteiger partial charge in [-0.1, -0.05) is 71.9 Å². The van der Waals surface area contributed by atoms with Crippen molar-refractivity contribution in [2.75, 3.05) is 13.1 Å². The van der Waals surface area contributed by atoms with Gasteiger partial charge in [-0.25, -0.2) is 0 Å². The molecule has 20 heteroatoms. The van der Waals surface area contributed by atoms with E-state index in [1.54, 1.807) is 30.3 Å². The monoisotopic (exact) mass is 831 g/mol. The number of carbonyl (C=O) groups is 8. The van der Waals surface area contributed by atoms with Crippen molar-refractivity contribution in [1.82, 2.24) is 31.9 Å². The molecule has 20 nitrogen and oxygen atoms in total. The lowest BCUT2D eigenvalue weighted by molar-refractivity contribution is -0.138. The van der Waals surface area contributed by atoms with Gasteiger partial charge in [0.2, 0.25) is 41.4 Å². The number of nitrogens with two attached hydrogens (primary N) is 4. The summed E-state index contributed by atoms with van der Waals surface area (Å²) in [4.78, 5) is 108. The molecule has 330 valence electrons. The number of aliphatic carboxylic acids is 1. The first-order chi connectivity index (χ1) is 27.6. The maximum absolute atomic E-state index is 14.1. The summed E-state index contributed by atoms with van der Waals surface area (Å²) >= 11 is 0. The van der Waals surface area contributed by atoms with Crippen LogP contribution >= 0.6 is 0 Å². The van der Waals surface area contributed by atoms with Gasteiger partial charge in [-0.15, -0.1) is 0 Å². The molecule has 59 heavy (non-hydrogen) atoms. The molecule has 6 atom stereocenters. The molecule has 0 saturated heterocycles. The molecular formula is C39H65N11O9. The number of nitrogens with one attached hydrogen (secondary N) is 6. The molecule has 7 amide bonds. The second-order valence-corrected chi connectivity index (χ2v) is 15.7. The fraction of sp³-hybridized carbons (Fsp3) is 0.615. The van der Waals surface area contributed by atoms with Crippen molar-refractivity contribution in [1.29, 1.82) is 0 Å². The quantitative estimate of drug-likeness (QED) is 0.0267. The fourth-order valence-electron chi connectivity index (χ4n) is 5.92. The number of hydrogen-bond acceptors (Lipinski definition) is 10. The summed E-state index contributed by atoms with van der Waals surface area (Å²) in [5, 5.41) is 24.4. The van der Waals surface area contributed by atoms with E-state index in [4.69, 9.17) is 28.0 Å². The van der Waals surface area contributed by atoms with Gasteiger partial charge in [0.25, 0.3) is 0 Å². The van der Waals surface area contributed by atoms with Crippen LogP contribution in [0.2, 0.25) is 0 Å². The van der Waals surface area contributed by atoms with E-state index in [1.807, 2.05) is 41.5 Å². The summed E-state index contributed by atoms with van der Waals surface area (Å²) < 4.78 is 0. The first kappa shape index (κ1) is 51.2. The second kappa shape index (κ2) is 26.3. The number of carboxylic acids is 1. The third kappa shape index (κ3) is 21.5. The van der Waals surface area contributed by atoms with Gasteiger partial charge in [-0.05, 0) is 55.4 Å². The van der Waals surface area contributed by atoms with E-state index < -0.39 is 96.5 Å². The number of benzene rings is 1. The summed E-state index contributed by atoms with van der Waals surface area (Å²) in [6.07, 6.45) is 0.0726. The third-order valence-electron chi connectivity index (χ3n) is 8.69. The Morgan fingerprint density at radius 2 is 1.07 bits per heavy atom. The van der Waals surface area contributed by atoms with Crippen molar-refractivity contribution in [3.8, 4) is 0 Å². The van der Waals surface area contributed by atoms with Crippen LogP contribution in [0.5, 0.6) is 0 Å². The Hall–Kier alpha value is -5.79. The van der Waals surface area contributed by atoms with Crippen LogP contribution in [0.3, 0.4) is 0 Å². The number of amides is 7. The zero-order valence-electron chi connectivity index (χ0n) is 34.9. The van der Waals surface area contributed by atoms with Crippen LogP contribution in [0, 0.1) is 17.8 Å². The number of guanidine groups is 1. The summed E-state index contributed by atoms with van der Waals surface area (Å²) in [5.74, 6) is -7.18. The average molecular weight is 832 g/mol. The second-order valence-electron chi connectivity index (χ2n) is 15.7. The zero-order chi connectivity index (χ0) is 44.8. The van der Waals surface area contributed by atoms with Crippen LogP contribution in [0.15, 0.2) is 35.3 Å². The van der Waals surface area contributed by atoms with E-state index >= 15 is 0 Å². The van der Waals surface area contributed by atoms with E-state index in [0.29, 0.717) is 12.0 Å². The molecule has 0 radical (unpaired) electrons. The van der Waals surface area contributed by atoms with Gasteiger partial charge in [-0.2, -0.15) is 0 Å². The van der Waals surface area contributed by atoms with E-state index in [0.717, 1.165) is 0 Å². The molecule has 0 saturated carbocycles. The molecule has 0 bridgehead atoms. The Labute approximate surface area is 345 Å². The molecule has 1 rings (SSSR count). The van der Waals surface area contributed by atoms with Crippen LogP contribution in [0.25, 0.3) is 0 Å². The Kier molecular flexibility index (Phi) is 22.8. The molecule has 15 N–H and O–H groups in total. The van der Waals surface area contributed by atoms with Crippen LogP contribution in [0.1, 0.15) is 85.6 Å². The number of carbonyl (C=O) groups excluding carboxylic acids is 7. The lowest BCUT2D eigenvalue weighted by Gasteiger charge is -2.28. The van der Waals surface area contributed by atoms with Gasteiger partial charge in [0.15, 0.2) is 5.96 Å². The van der Waals surface area contributed by atoms with Crippen molar-refractivity contribution >= 4 is 53.3 Å². The van der Waals surface area contributed by atoms with Crippen LogP contribution in [0.4, 0.5) is 0 Å². The summed E-state index contributed by atoms with van der Waals surface area (Å²) in [6, 6.07) is 1.32. The number of rotatable bonds is 27. The van der Waals surface area contributed by atoms with Gasteiger partial charge in [-0.3, -0.25) is 43.3 Å². The predicted molar refractivity (Wildman–Crippen MR) is 221 cm³/mol. The molecule has 0 aliphatic rings. The molecular weight excluding hydrogens is 766 g/mol. The molecule has 0 aliphatic carbocycles. The minimum Gasteiger partial charge on any atom is -0.480 e. The van der Waals surface area contributed by atoms with Gasteiger partial charge in [0.05, 0.1) is 12.5 Å². The topological polar surface area (TPSA) is 345 Å². The number of hydrogen-bond donors (Lipinski definition) is 11. The maximum atomic E-state index is 14.1. The average Bonchev–Trinajstić information content (AvgIpc) is 3.13. The lowest BCUT2D eigenvalue weighted by Crippen LogP contribution is -2.60. The highest BCUT2D eigenvalue weighted by Gasteiger charge is 2.34. The van der Waals surface area contributed by atoms with E-state index in [2.05, 4.69) is 36.9 Å². The molecule has 0 heterocycles. The Morgan fingerprint density at radius 3 is 1.58 bits per heavy atom. The third-order valence-corrected chi connectivity index (χ3v) is 8.69. The summed E-state index contributed by atoms with van der Waals surface area (Å²) in [7, 11) is 0. The highest BCUT2D eigenvalue weighted by atomic mass is 16.4. The summed E-state index contributed by atoms with van der Waals surface area (Å²) in [6.45, 7) is 10.4. The van der Waals surface area contributed by atoms with E-state index in [1.165, 1.54) is 0 Å². The number of carboxylic acid groups (broad SMARTS) is 1. The number of nitrogens with zero attached hydrogens (tertiary/aromatic N) is 1. The standard InChI is InChI=1S/C39H65N11O9/c1-21(2)15-25(40)33(54)47-30(19-31(41)51)38(59)46-26(13-10-14-44-39(42)43)35(56)49-28(17-23(5)6)36(57)50-29(18-24-11-8-7-9-12-24)37(58)48-27(16-22(3)4)34(55)45-20-32(52)53/h7-9,11-12,21-23,25-30H,10,13-20,40H2,1-6H3,(H2,41,51)(H,45,55)(H,46,59)(H,47,54)(H,48,58)(H,49,56)(H,50,57)(H,52,53)(H4,42,43,44)/t25-,26-,27-,28-,29-,30-/m0/s1. The van der Waals surface area contributed by atoms with E-state index in [9.17, 15) is 38.4 Å². The number of primary amides is 1. The van der Waals surface area contributed by atoms with Crippen molar-refractivity contribution in [2.45, 2.75) is 123 Å². The minimum atomic E-state index is -1.48. The fourth-order valence-corrected chi connectivity index (χ4v) is 5.92. The molecule has 0 fully saturated rings. The highest BCUT2D eigenvalue weighted by Crippen LogP contribution is 2.12. The minimum absolute atomic E-state index is 0.0107. The molecule has 0 aliphatic heterocycles. The van der Waals surface area contributed by atoms with Crippen LogP contribution in [-0.4, -0.2) is 108 Å². The molecule has 1 aromatic rings. The van der Waals surface area contributed by atoms with Crippen molar-refractivity contribution in [2.24, 2.45) is 45.7 Å². The molecule has 0 spiro atoms. The van der Waals surface area contributed by atoms with Gasteiger partial charge >= 0.3 is 5.97 Å². The first-order valence-corrected chi connectivity index (χ1v) is 19.7. The predicted octanol–water partition coefficient (Wildman–Crippen LogP) is -1.75. The molecule has 0 unspecified atom stereocenters. The lowest BCUT2D eigenvalue weighted by atomic mass is 9.99. The van der Waals surface area contributed by atoms with Gasteiger partial charge in [0, 0.05) is 13.0 Å². The highest BCUT2D eigenvalue weighted by molar-refractivity contribution is 5.98. The Morgan fingerprint density at radius 1 is 0.610 bits per heavy atom.